The fourth-order valence-corrected chi connectivity index (χ4v) is 4.26. The highest BCUT2D eigenvalue weighted by Gasteiger charge is 2.24. The van der Waals surface area contributed by atoms with Gasteiger partial charge in [0.15, 0.2) is 0 Å². The van der Waals surface area contributed by atoms with E-state index in [1.165, 1.54) is 37.0 Å². The van der Waals surface area contributed by atoms with E-state index in [0.717, 1.165) is 16.3 Å². The van der Waals surface area contributed by atoms with Gasteiger partial charge in [-0.05, 0) is 25.3 Å². The number of nitrogens with one attached hydrogen (secondary N) is 1. The van der Waals surface area contributed by atoms with Crippen molar-refractivity contribution in [3.05, 3.63) is 51.5 Å². The van der Waals surface area contributed by atoms with Crippen molar-refractivity contribution in [1.82, 2.24) is 10.3 Å². The number of benzene rings is 1. The van der Waals surface area contributed by atoms with Gasteiger partial charge in [0.1, 0.15) is 4.88 Å². The van der Waals surface area contributed by atoms with Crippen LogP contribution in [0.15, 0.2) is 30.3 Å². The summed E-state index contributed by atoms with van der Waals surface area (Å²) < 4.78 is 0. The maximum Gasteiger partial charge on any atom is 0.263 e. The van der Waals surface area contributed by atoms with Crippen molar-refractivity contribution in [3.8, 4) is 0 Å². The lowest BCUT2D eigenvalue weighted by Gasteiger charge is -2.16. The molecule has 1 aliphatic carbocycles. The Morgan fingerprint density at radius 3 is 2.70 bits per heavy atom. The molecule has 1 unspecified atom stereocenters. The number of aliphatic hydroxyl groups excluding tert-OH is 1. The normalized spacial score (nSPS) is 16.4. The first-order valence-electron chi connectivity index (χ1n) is 8.13. The zero-order chi connectivity index (χ0) is 16.2. The number of hydrogen-bond acceptors (Lipinski definition) is 4. The summed E-state index contributed by atoms with van der Waals surface area (Å²) in [5.41, 5.74) is 1.70. The second-order valence-electron chi connectivity index (χ2n) is 6.07. The van der Waals surface area contributed by atoms with Crippen molar-refractivity contribution >= 4 is 17.2 Å². The van der Waals surface area contributed by atoms with Crippen LogP contribution < -0.4 is 5.32 Å². The van der Waals surface area contributed by atoms with Gasteiger partial charge in [0.2, 0.25) is 0 Å². The zero-order valence-corrected chi connectivity index (χ0v) is 14.1. The van der Waals surface area contributed by atoms with Gasteiger partial charge < -0.3 is 10.4 Å². The molecular weight excluding hydrogens is 308 g/mol. The van der Waals surface area contributed by atoms with Gasteiger partial charge in [0, 0.05) is 5.92 Å². The third kappa shape index (κ3) is 3.62. The Balaban J connectivity index is 1.74. The Bertz CT molecular complexity index is 663. The molecule has 0 spiro atoms. The van der Waals surface area contributed by atoms with E-state index in [4.69, 9.17) is 0 Å². The van der Waals surface area contributed by atoms with Crippen LogP contribution in [0.4, 0.5) is 0 Å². The molecule has 122 valence electrons. The van der Waals surface area contributed by atoms with Gasteiger partial charge >= 0.3 is 0 Å². The smallest absolute Gasteiger partial charge is 0.263 e. The number of carbonyl (C=O) groups excluding carboxylic acids is 1. The van der Waals surface area contributed by atoms with Crippen molar-refractivity contribution in [1.29, 1.82) is 0 Å². The molecule has 0 aliphatic heterocycles. The van der Waals surface area contributed by atoms with E-state index < -0.39 is 0 Å². The lowest BCUT2D eigenvalue weighted by molar-refractivity contribution is 0.0919. The van der Waals surface area contributed by atoms with Crippen molar-refractivity contribution < 1.29 is 9.90 Å². The van der Waals surface area contributed by atoms with Crippen LogP contribution >= 0.6 is 11.3 Å². The Hall–Kier alpha value is -1.72. The third-order valence-electron chi connectivity index (χ3n) is 4.41. The van der Waals surface area contributed by atoms with E-state index in [9.17, 15) is 9.90 Å². The van der Waals surface area contributed by atoms with E-state index in [2.05, 4.69) is 10.3 Å². The van der Waals surface area contributed by atoms with Gasteiger partial charge in [-0.1, -0.05) is 43.2 Å². The summed E-state index contributed by atoms with van der Waals surface area (Å²) in [5.74, 6) is 0.371. The first-order valence-corrected chi connectivity index (χ1v) is 8.94. The first-order chi connectivity index (χ1) is 11.2. The van der Waals surface area contributed by atoms with Crippen molar-refractivity contribution in [2.45, 2.75) is 44.6 Å². The van der Waals surface area contributed by atoms with E-state index in [1.807, 2.05) is 37.3 Å². The fraction of sp³-hybridized carbons (Fsp3) is 0.444. The summed E-state index contributed by atoms with van der Waals surface area (Å²) in [6.45, 7) is 1.77. The SMILES string of the molecule is Cc1nc(C2CCCC2)sc1C(=O)NC(CO)c1ccccc1. The largest absolute Gasteiger partial charge is 0.394 e. The zero-order valence-electron chi connectivity index (χ0n) is 13.3. The van der Waals surface area contributed by atoms with Gasteiger partial charge in [0.05, 0.1) is 23.4 Å². The molecule has 1 aliphatic rings. The van der Waals surface area contributed by atoms with E-state index in [0.29, 0.717) is 10.8 Å². The number of aromatic nitrogens is 1. The molecule has 23 heavy (non-hydrogen) atoms. The van der Waals surface area contributed by atoms with Crippen LogP contribution in [0.3, 0.4) is 0 Å². The monoisotopic (exact) mass is 330 g/mol. The number of amides is 1. The van der Waals surface area contributed by atoms with Gasteiger partial charge in [-0.25, -0.2) is 4.98 Å². The van der Waals surface area contributed by atoms with Crippen LogP contribution in [0.1, 0.15) is 63.6 Å². The number of thiazole rings is 1. The highest BCUT2D eigenvalue weighted by atomic mass is 32.1. The third-order valence-corrected chi connectivity index (χ3v) is 5.73. The van der Waals surface area contributed by atoms with E-state index in [-0.39, 0.29) is 18.6 Å². The van der Waals surface area contributed by atoms with Crippen molar-refractivity contribution in [2.75, 3.05) is 6.61 Å². The summed E-state index contributed by atoms with van der Waals surface area (Å²) in [7, 11) is 0. The Morgan fingerprint density at radius 2 is 2.04 bits per heavy atom. The predicted molar refractivity (Wildman–Crippen MR) is 91.8 cm³/mol. The van der Waals surface area contributed by atoms with E-state index in [1.54, 1.807) is 0 Å². The molecule has 5 heteroatoms. The molecule has 0 bridgehead atoms. The van der Waals surface area contributed by atoms with Crippen LogP contribution in [-0.2, 0) is 0 Å². The van der Waals surface area contributed by atoms with Crippen LogP contribution in [0.2, 0.25) is 0 Å². The number of hydrogen-bond donors (Lipinski definition) is 2. The highest BCUT2D eigenvalue weighted by Crippen LogP contribution is 2.37. The second-order valence-corrected chi connectivity index (χ2v) is 7.10. The molecule has 2 N–H and O–H groups in total. The van der Waals surface area contributed by atoms with Crippen LogP contribution in [0.25, 0.3) is 0 Å². The quantitative estimate of drug-likeness (QED) is 0.881. The molecule has 1 amide bonds. The molecule has 4 nitrogen and oxygen atoms in total. The minimum atomic E-state index is -0.389. The standard InChI is InChI=1S/C18H22N2O2S/c1-12-16(23-18(19-12)14-9-5-6-10-14)17(22)20-15(11-21)13-7-3-2-4-8-13/h2-4,7-8,14-15,21H,5-6,9-11H2,1H3,(H,20,22). The van der Waals surface area contributed by atoms with Crippen molar-refractivity contribution in [2.24, 2.45) is 0 Å². The Labute approximate surface area is 140 Å². The number of aryl methyl sites for hydroxylation is 1. The Morgan fingerprint density at radius 1 is 1.35 bits per heavy atom. The molecule has 3 rings (SSSR count). The van der Waals surface area contributed by atoms with E-state index >= 15 is 0 Å². The summed E-state index contributed by atoms with van der Waals surface area (Å²) in [4.78, 5) is 17.9. The van der Waals surface area contributed by atoms with Gasteiger partial charge in [-0.15, -0.1) is 11.3 Å². The maximum absolute atomic E-state index is 12.6. The second kappa shape index (κ2) is 7.23. The van der Waals surface area contributed by atoms with Crippen LogP contribution in [0, 0.1) is 6.92 Å². The average Bonchev–Trinajstić information content (AvgIpc) is 3.22. The predicted octanol–water partition coefficient (Wildman–Crippen LogP) is 3.57. The molecule has 1 aromatic heterocycles. The average molecular weight is 330 g/mol. The van der Waals surface area contributed by atoms with Gasteiger partial charge in [-0.2, -0.15) is 0 Å². The van der Waals surface area contributed by atoms with Gasteiger partial charge in [-0.3, -0.25) is 4.79 Å². The molecule has 0 saturated heterocycles. The molecule has 1 fully saturated rings. The Kier molecular flexibility index (Phi) is 5.08. The van der Waals surface area contributed by atoms with Gasteiger partial charge in [0.25, 0.3) is 5.91 Å². The summed E-state index contributed by atoms with van der Waals surface area (Å²) >= 11 is 1.51. The maximum atomic E-state index is 12.6. The molecule has 1 aromatic carbocycles. The lowest BCUT2D eigenvalue weighted by Crippen LogP contribution is -2.30. The number of carbonyl (C=O) groups is 1. The van der Waals surface area contributed by atoms with Crippen LogP contribution in [-0.4, -0.2) is 22.6 Å². The number of rotatable bonds is 5. The highest BCUT2D eigenvalue weighted by molar-refractivity contribution is 7.13. The summed E-state index contributed by atoms with van der Waals surface area (Å²) in [6.07, 6.45) is 4.87. The minimum Gasteiger partial charge on any atom is -0.394 e. The fourth-order valence-electron chi connectivity index (χ4n) is 3.12. The molecule has 1 atom stereocenters. The topological polar surface area (TPSA) is 62.2 Å². The molecule has 1 saturated carbocycles. The minimum absolute atomic E-state index is 0.122. The molecule has 2 aromatic rings. The summed E-state index contributed by atoms with van der Waals surface area (Å²) in [5, 5.41) is 13.6. The van der Waals surface area contributed by atoms with Crippen molar-refractivity contribution in [3.63, 3.8) is 0 Å². The number of nitrogens with zero attached hydrogens (tertiary/aromatic N) is 1. The number of aliphatic hydroxyl groups is 1. The first kappa shape index (κ1) is 16.1. The van der Waals surface area contributed by atoms with Crippen LogP contribution in [0.5, 0.6) is 0 Å². The summed E-state index contributed by atoms with van der Waals surface area (Å²) in [6, 6.07) is 9.15. The lowest BCUT2D eigenvalue weighted by atomic mass is 10.1. The molecule has 0 radical (unpaired) electrons. The molecule has 1 heterocycles. The molecular formula is C18H22N2O2S.